The molecule has 1 aliphatic rings. The summed E-state index contributed by atoms with van der Waals surface area (Å²) in [6.07, 6.45) is 1.51. The van der Waals surface area contributed by atoms with Crippen LogP contribution >= 0.6 is 0 Å². The number of carboxylic acid groups (broad SMARTS) is 1. The first-order valence-corrected chi connectivity index (χ1v) is 8.13. The third-order valence-corrected chi connectivity index (χ3v) is 5.61. The van der Waals surface area contributed by atoms with Crippen LogP contribution in [0, 0.1) is 0 Å². The summed E-state index contributed by atoms with van der Waals surface area (Å²) < 4.78 is 28.2. The smallest absolute Gasteiger partial charge is 0.313 e. The summed E-state index contributed by atoms with van der Waals surface area (Å²) in [5, 5.41) is 9.42. The Hall–Kier alpha value is -2.19. The molecule has 1 aromatic carbocycles. The van der Waals surface area contributed by atoms with Crippen LogP contribution in [0.25, 0.3) is 0 Å². The average Bonchev–Trinajstić information content (AvgIpc) is 2.88. The van der Waals surface area contributed by atoms with Gasteiger partial charge in [-0.3, -0.25) is 4.79 Å². The minimum absolute atomic E-state index is 0.0805. The second-order valence-electron chi connectivity index (χ2n) is 5.19. The second-order valence-corrected chi connectivity index (χ2v) is 7.13. The Bertz CT molecular complexity index is 814. The molecule has 0 radical (unpaired) electrons. The monoisotopic (exact) mass is 321 g/mol. The predicted molar refractivity (Wildman–Crippen MR) is 77.6 cm³/mol. The van der Waals surface area contributed by atoms with Gasteiger partial charge >= 0.3 is 5.97 Å². The number of aromatic nitrogens is 2. The van der Waals surface area contributed by atoms with E-state index in [4.69, 9.17) is 0 Å². The first-order chi connectivity index (χ1) is 10.4. The quantitative estimate of drug-likeness (QED) is 0.902. The number of sulfonamides is 1. The van der Waals surface area contributed by atoms with E-state index < -0.39 is 21.9 Å². The van der Waals surface area contributed by atoms with E-state index in [9.17, 15) is 18.3 Å². The van der Waals surface area contributed by atoms with Crippen molar-refractivity contribution in [1.82, 2.24) is 13.9 Å². The molecule has 22 heavy (non-hydrogen) atoms. The van der Waals surface area contributed by atoms with Gasteiger partial charge in [-0.1, -0.05) is 18.2 Å². The molecular formula is C14H15N3O4S. The fourth-order valence-electron chi connectivity index (χ4n) is 2.70. The lowest BCUT2D eigenvalue weighted by Crippen LogP contribution is -2.41. The van der Waals surface area contributed by atoms with Crippen molar-refractivity contribution in [3.05, 3.63) is 48.0 Å². The summed E-state index contributed by atoms with van der Waals surface area (Å²) in [6.45, 7) is -0.0176. The Balaban J connectivity index is 2.03. The molecule has 0 saturated heterocycles. The van der Waals surface area contributed by atoms with E-state index in [-0.39, 0.29) is 18.0 Å². The van der Waals surface area contributed by atoms with Crippen LogP contribution in [0.1, 0.15) is 17.3 Å². The fourth-order valence-corrected chi connectivity index (χ4v) is 4.14. The standard InChI is InChI=1S/C14H15N3O4S/c1-16-9-15-12-8-17(7-11(13(12)16)14(18)19)22(20,21)10-5-3-2-4-6-10/h2-6,9,11H,7-8H2,1H3,(H,18,19)/t11-/m1/s1. The number of aliphatic carboxylic acids is 1. The SMILES string of the molecule is Cn1cnc2c1[C@H](C(=O)O)CN(S(=O)(=O)c1ccccc1)C2. The van der Waals surface area contributed by atoms with Crippen molar-refractivity contribution in [3.63, 3.8) is 0 Å². The van der Waals surface area contributed by atoms with Gasteiger partial charge in [0.1, 0.15) is 5.92 Å². The zero-order valence-electron chi connectivity index (χ0n) is 11.9. The summed E-state index contributed by atoms with van der Waals surface area (Å²) >= 11 is 0. The second kappa shape index (κ2) is 5.22. The van der Waals surface area contributed by atoms with Gasteiger partial charge in [0.05, 0.1) is 29.2 Å². The molecule has 1 N–H and O–H groups in total. The van der Waals surface area contributed by atoms with Crippen LogP contribution in [0.2, 0.25) is 0 Å². The number of rotatable bonds is 3. The molecule has 2 aromatic rings. The van der Waals surface area contributed by atoms with Gasteiger partial charge in [0, 0.05) is 13.6 Å². The largest absolute Gasteiger partial charge is 0.481 e. The van der Waals surface area contributed by atoms with Crippen molar-refractivity contribution in [3.8, 4) is 0 Å². The highest BCUT2D eigenvalue weighted by molar-refractivity contribution is 7.89. The lowest BCUT2D eigenvalue weighted by molar-refractivity contribution is -0.139. The number of carbonyl (C=O) groups is 1. The topological polar surface area (TPSA) is 92.5 Å². The number of aryl methyl sites for hydroxylation is 1. The van der Waals surface area contributed by atoms with Gasteiger partial charge in [0.15, 0.2) is 0 Å². The normalized spacial score (nSPS) is 18.9. The molecule has 0 fully saturated rings. The molecule has 1 atom stereocenters. The number of nitrogens with zero attached hydrogens (tertiary/aromatic N) is 3. The van der Waals surface area contributed by atoms with Gasteiger partial charge in [-0.05, 0) is 12.1 Å². The van der Waals surface area contributed by atoms with Crippen molar-refractivity contribution in [2.75, 3.05) is 6.54 Å². The number of carboxylic acids is 1. The van der Waals surface area contributed by atoms with E-state index >= 15 is 0 Å². The summed E-state index contributed by atoms with van der Waals surface area (Å²) in [4.78, 5) is 15.8. The molecule has 2 heterocycles. The lowest BCUT2D eigenvalue weighted by Gasteiger charge is -2.30. The maximum absolute atomic E-state index is 12.7. The molecule has 8 heteroatoms. The highest BCUT2D eigenvalue weighted by atomic mass is 32.2. The van der Waals surface area contributed by atoms with Crippen molar-refractivity contribution in [1.29, 1.82) is 0 Å². The zero-order chi connectivity index (χ0) is 15.9. The Morgan fingerprint density at radius 2 is 2.00 bits per heavy atom. The molecule has 0 spiro atoms. The van der Waals surface area contributed by atoms with Gasteiger partial charge in [-0.15, -0.1) is 0 Å². The van der Waals surface area contributed by atoms with Crippen LogP contribution in [0.15, 0.2) is 41.6 Å². The summed E-state index contributed by atoms with van der Waals surface area (Å²) in [7, 11) is -2.03. The van der Waals surface area contributed by atoms with E-state index in [1.165, 1.54) is 22.8 Å². The highest BCUT2D eigenvalue weighted by Gasteiger charge is 2.38. The molecule has 3 rings (SSSR count). The van der Waals surface area contributed by atoms with E-state index in [1.54, 1.807) is 29.8 Å². The molecule has 1 aliphatic heterocycles. The van der Waals surface area contributed by atoms with E-state index in [2.05, 4.69) is 4.98 Å². The van der Waals surface area contributed by atoms with Gasteiger partial charge in [0.25, 0.3) is 0 Å². The molecular weight excluding hydrogens is 306 g/mol. The first kappa shape index (κ1) is 14.7. The predicted octanol–water partition coefficient (Wildman–Crippen LogP) is 0.793. The van der Waals surface area contributed by atoms with Crippen LogP contribution in [-0.2, 0) is 28.4 Å². The van der Waals surface area contributed by atoms with Crippen molar-refractivity contribution >= 4 is 16.0 Å². The van der Waals surface area contributed by atoms with Crippen LogP contribution in [0.4, 0.5) is 0 Å². The molecule has 0 saturated carbocycles. The summed E-state index contributed by atoms with van der Waals surface area (Å²) in [5.74, 6) is -1.98. The Morgan fingerprint density at radius 1 is 1.32 bits per heavy atom. The molecule has 0 amide bonds. The molecule has 7 nitrogen and oxygen atoms in total. The zero-order valence-corrected chi connectivity index (χ0v) is 12.7. The number of benzene rings is 1. The Morgan fingerprint density at radius 3 is 2.64 bits per heavy atom. The maximum Gasteiger partial charge on any atom is 0.313 e. The van der Waals surface area contributed by atoms with E-state index in [0.29, 0.717) is 11.4 Å². The third-order valence-electron chi connectivity index (χ3n) is 3.78. The molecule has 0 aliphatic carbocycles. The van der Waals surface area contributed by atoms with Gasteiger partial charge in [-0.2, -0.15) is 4.31 Å². The van der Waals surface area contributed by atoms with Crippen LogP contribution < -0.4 is 0 Å². The van der Waals surface area contributed by atoms with Crippen molar-refractivity contribution < 1.29 is 18.3 Å². The number of hydrogen-bond donors (Lipinski definition) is 1. The van der Waals surface area contributed by atoms with E-state index in [1.807, 2.05) is 0 Å². The Labute approximate surface area is 127 Å². The number of fused-ring (bicyclic) bond motifs is 1. The van der Waals surface area contributed by atoms with Crippen LogP contribution in [-0.4, -0.2) is 39.9 Å². The molecule has 0 bridgehead atoms. The van der Waals surface area contributed by atoms with Gasteiger partial charge in [-0.25, -0.2) is 13.4 Å². The first-order valence-electron chi connectivity index (χ1n) is 6.69. The van der Waals surface area contributed by atoms with Gasteiger partial charge < -0.3 is 9.67 Å². The van der Waals surface area contributed by atoms with Gasteiger partial charge in [0.2, 0.25) is 10.0 Å². The number of hydrogen-bond acceptors (Lipinski definition) is 4. The maximum atomic E-state index is 12.7. The highest BCUT2D eigenvalue weighted by Crippen LogP contribution is 2.31. The molecule has 1 aromatic heterocycles. The lowest BCUT2D eigenvalue weighted by atomic mass is 10.0. The molecule has 116 valence electrons. The minimum atomic E-state index is -3.74. The van der Waals surface area contributed by atoms with Crippen LogP contribution in [0.3, 0.4) is 0 Å². The van der Waals surface area contributed by atoms with E-state index in [0.717, 1.165) is 0 Å². The number of imidazole rings is 1. The van der Waals surface area contributed by atoms with Crippen molar-refractivity contribution in [2.45, 2.75) is 17.4 Å². The Kier molecular flexibility index (Phi) is 3.50. The van der Waals surface area contributed by atoms with Crippen molar-refractivity contribution in [2.24, 2.45) is 7.05 Å². The summed E-state index contributed by atoms with van der Waals surface area (Å²) in [6, 6.07) is 8.00. The molecule has 0 unspecified atom stereocenters. The third kappa shape index (κ3) is 2.30. The minimum Gasteiger partial charge on any atom is -0.481 e. The fraction of sp³-hybridized carbons (Fsp3) is 0.286. The average molecular weight is 321 g/mol. The summed E-state index contributed by atoms with van der Waals surface area (Å²) in [5.41, 5.74) is 1.05. The van der Waals surface area contributed by atoms with Crippen LogP contribution in [0.5, 0.6) is 0 Å².